The largest absolute Gasteiger partial charge is 0.378 e. The molecular formula is C34H33N5O5S. The Labute approximate surface area is 264 Å². The number of urea groups is 1. The predicted molar refractivity (Wildman–Crippen MR) is 170 cm³/mol. The van der Waals surface area contributed by atoms with E-state index in [0.29, 0.717) is 17.3 Å². The fourth-order valence-electron chi connectivity index (χ4n) is 6.37. The molecule has 10 nitrogen and oxygen atoms in total. The molecule has 1 N–H and O–H groups in total. The maximum absolute atomic E-state index is 14.3. The monoisotopic (exact) mass is 623 g/mol. The molecule has 4 amide bonds. The predicted octanol–water partition coefficient (Wildman–Crippen LogP) is 5.84. The lowest BCUT2D eigenvalue weighted by molar-refractivity contribution is -0.172. The fourth-order valence-corrected chi connectivity index (χ4v) is 7.77. The van der Waals surface area contributed by atoms with Crippen LogP contribution in [0.4, 0.5) is 16.2 Å². The molecule has 1 aliphatic carbocycles. The van der Waals surface area contributed by atoms with Crippen molar-refractivity contribution in [2.75, 3.05) is 24.3 Å². The van der Waals surface area contributed by atoms with Gasteiger partial charge >= 0.3 is 12.0 Å². The molecule has 0 bridgehead atoms. The van der Waals surface area contributed by atoms with Gasteiger partial charge in [0.15, 0.2) is 0 Å². The van der Waals surface area contributed by atoms with E-state index in [1.165, 1.54) is 39.6 Å². The third kappa shape index (κ3) is 5.27. The second kappa shape index (κ2) is 11.6. The molecule has 0 spiro atoms. The van der Waals surface area contributed by atoms with Gasteiger partial charge in [-0.05, 0) is 85.3 Å². The molecule has 1 atom stereocenters. The highest BCUT2D eigenvalue weighted by Crippen LogP contribution is 2.44. The Hall–Kier alpha value is -4.90. The molecule has 11 heteroatoms. The van der Waals surface area contributed by atoms with Gasteiger partial charge in [-0.25, -0.2) is 9.59 Å². The van der Waals surface area contributed by atoms with E-state index in [2.05, 4.69) is 46.4 Å². The van der Waals surface area contributed by atoms with Crippen LogP contribution in [0, 0.1) is 0 Å². The van der Waals surface area contributed by atoms with Crippen LogP contribution in [0.25, 0.3) is 5.00 Å². The van der Waals surface area contributed by atoms with Gasteiger partial charge in [-0.15, -0.1) is 16.4 Å². The van der Waals surface area contributed by atoms with Crippen molar-refractivity contribution in [3.8, 4) is 5.00 Å². The van der Waals surface area contributed by atoms with Gasteiger partial charge in [0, 0.05) is 54.9 Å². The van der Waals surface area contributed by atoms with Crippen molar-refractivity contribution < 1.29 is 24.0 Å². The fraction of sp³-hybridized carbons (Fsp3) is 0.294. The van der Waals surface area contributed by atoms with E-state index < -0.39 is 17.8 Å². The molecule has 4 aromatic rings. The number of benzene rings is 2. The van der Waals surface area contributed by atoms with Gasteiger partial charge in [0.05, 0.1) is 23.8 Å². The minimum atomic E-state index is -0.819. The van der Waals surface area contributed by atoms with Gasteiger partial charge in [-0.1, -0.05) is 12.1 Å². The first kappa shape index (κ1) is 28.8. The number of carbonyl (C=O) groups excluding carboxylic acids is 4. The van der Waals surface area contributed by atoms with Crippen LogP contribution in [-0.2, 0) is 33.8 Å². The van der Waals surface area contributed by atoms with Gasteiger partial charge in [0.25, 0.3) is 11.8 Å². The van der Waals surface area contributed by atoms with Crippen LogP contribution in [0.2, 0.25) is 0 Å². The zero-order valence-electron chi connectivity index (χ0n) is 25.1. The van der Waals surface area contributed by atoms with E-state index >= 15 is 0 Å². The highest BCUT2D eigenvalue weighted by atomic mass is 32.1. The topological polar surface area (TPSA) is 104 Å². The van der Waals surface area contributed by atoms with Gasteiger partial charge in [-0.3, -0.25) is 9.59 Å². The molecule has 7 rings (SSSR count). The number of imide groups is 1. The molecule has 45 heavy (non-hydrogen) atoms. The second-order valence-electron chi connectivity index (χ2n) is 11.8. The lowest BCUT2D eigenvalue weighted by atomic mass is 9.95. The summed E-state index contributed by atoms with van der Waals surface area (Å²) in [6.07, 6.45) is 6.56. The Morgan fingerprint density at radius 2 is 1.60 bits per heavy atom. The van der Waals surface area contributed by atoms with Crippen molar-refractivity contribution in [3.05, 3.63) is 99.7 Å². The Morgan fingerprint density at radius 3 is 2.31 bits per heavy atom. The number of hydrogen-bond donors (Lipinski definition) is 1. The SMILES string of the molecule is CN(C)c1ccc(C2c3cccn3-c3sc4c(c3CN2C(=O)Nc2ccc(C(=O)ON3C(=O)CCC3=O)cc2)CCCC4)cc1. The van der Waals surface area contributed by atoms with E-state index in [0.717, 1.165) is 36.2 Å². The van der Waals surface area contributed by atoms with Crippen LogP contribution >= 0.6 is 11.3 Å². The average molecular weight is 624 g/mol. The number of amides is 4. The smallest absolute Gasteiger partial charge is 0.363 e. The average Bonchev–Trinajstić information content (AvgIpc) is 3.73. The Kier molecular flexibility index (Phi) is 7.40. The maximum Gasteiger partial charge on any atom is 0.363 e. The van der Waals surface area contributed by atoms with Gasteiger partial charge in [0.2, 0.25) is 0 Å². The summed E-state index contributed by atoms with van der Waals surface area (Å²) in [6.45, 7) is 0.455. The van der Waals surface area contributed by atoms with E-state index in [1.807, 2.05) is 41.3 Å². The first-order valence-electron chi connectivity index (χ1n) is 15.1. The van der Waals surface area contributed by atoms with Gasteiger partial charge in [0.1, 0.15) is 5.00 Å². The summed E-state index contributed by atoms with van der Waals surface area (Å²) in [5.41, 5.74) is 6.33. The quantitative estimate of drug-likeness (QED) is 0.280. The number of carbonyl (C=O) groups is 4. The Balaban J connectivity index is 1.20. The standard InChI is InChI=1S/C34H33N5O5S/c1-36(2)24-15-11-21(12-16-24)31-27-7-5-19-37(27)32-26(25-6-3-4-8-28(25)45-32)20-38(31)34(43)35-23-13-9-22(10-14-23)33(42)44-39-29(40)17-18-30(39)41/h5,7,9-16,19,31H,3-4,6,8,17-18,20H2,1-2H3,(H,35,43). The number of anilines is 2. The van der Waals surface area contributed by atoms with Crippen LogP contribution < -0.4 is 10.2 Å². The van der Waals surface area contributed by atoms with E-state index in [9.17, 15) is 19.2 Å². The summed E-state index contributed by atoms with van der Waals surface area (Å²) in [7, 11) is 4.01. The Bertz CT molecular complexity index is 1790. The third-order valence-corrected chi connectivity index (χ3v) is 10.1. The van der Waals surface area contributed by atoms with E-state index in [4.69, 9.17) is 4.84 Å². The van der Waals surface area contributed by atoms with E-state index in [1.54, 1.807) is 12.1 Å². The van der Waals surface area contributed by atoms with Gasteiger partial charge < -0.3 is 24.5 Å². The highest BCUT2D eigenvalue weighted by Gasteiger charge is 2.36. The molecule has 1 unspecified atom stereocenters. The number of hydroxylamine groups is 2. The van der Waals surface area contributed by atoms with Crippen molar-refractivity contribution in [3.63, 3.8) is 0 Å². The summed E-state index contributed by atoms with van der Waals surface area (Å²) >= 11 is 1.84. The molecule has 2 aromatic heterocycles. The number of rotatable bonds is 5. The summed E-state index contributed by atoms with van der Waals surface area (Å²) < 4.78 is 2.26. The zero-order valence-corrected chi connectivity index (χ0v) is 25.9. The maximum atomic E-state index is 14.3. The molecule has 0 saturated carbocycles. The number of fused-ring (bicyclic) bond motifs is 5. The number of aromatic nitrogens is 1. The molecule has 0 radical (unpaired) electrons. The number of thiophene rings is 1. The molecule has 230 valence electrons. The second-order valence-corrected chi connectivity index (χ2v) is 12.9. The van der Waals surface area contributed by atoms with Crippen LogP contribution in [0.15, 0.2) is 66.9 Å². The van der Waals surface area contributed by atoms with Crippen molar-refractivity contribution in [1.29, 1.82) is 0 Å². The normalized spacial score (nSPS) is 17.3. The first-order valence-corrected chi connectivity index (χ1v) is 15.9. The number of aryl methyl sites for hydroxylation is 1. The van der Waals surface area contributed by atoms with Crippen molar-refractivity contribution in [2.24, 2.45) is 0 Å². The van der Waals surface area contributed by atoms with Crippen LogP contribution in [0.5, 0.6) is 0 Å². The molecule has 2 aliphatic heterocycles. The summed E-state index contributed by atoms with van der Waals surface area (Å²) in [6, 6.07) is 18.1. The van der Waals surface area contributed by atoms with Crippen molar-refractivity contribution >= 4 is 46.5 Å². The molecular weight excluding hydrogens is 590 g/mol. The number of hydrogen-bond acceptors (Lipinski definition) is 7. The summed E-state index contributed by atoms with van der Waals surface area (Å²) in [5, 5.41) is 4.76. The van der Waals surface area contributed by atoms with Crippen LogP contribution in [0.1, 0.15) is 69.3 Å². The molecule has 4 heterocycles. The van der Waals surface area contributed by atoms with Crippen LogP contribution in [-0.4, -0.2) is 52.4 Å². The van der Waals surface area contributed by atoms with E-state index in [-0.39, 0.29) is 30.5 Å². The third-order valence-electron chi connectivity index (χ3n) is 8.72. The first-order chi connectivity index (χ1) is 21.8. The van der Waals surface area contributed by atoms with Gasteiger partial charge in [-0.2, -0.15) is 0 Å². The molecule has 3 aliphatic rings. The Morgan fingerprint density at radius 1 is 0.889 bits per heavy atom. The minimum Gasteiger partial charge on any atom is -0.378 e. The lowest BCUT2D eigenvalue weighted by Gasteiger charge is -2.31. The molecule has 2 aromatic carbocycles. The minimum absolute atomic E-state index is 0.0226. The van der Waals surface area contributed by atoms with Crippen molar-refractivity contribution in [1.82, 2.24) is 14.5 Å². The number of nitrogens with one attached hydrogen (secondary N) is 1. The summed E-state index contributed by atoms with van der Waals surface area (Å²) in [5.74, 6) is -1.90. The number of nitrogens with zero attached hydrogens (tertiary/aromatic N) is 4. The highest BCUT2D eigenvalue weighted by molar-refractivity contribution is 7.15. The lowest BCUT2D eigenvalue weighted by Crippen LogP contribution is -2.38. The van der Waals surface area contributed by atoms with Crippen molar-refractivity contribution in [2.45, 2.75) is 51.1 Å². The zero-order chi connectivity index (χ0) is 31.2. The van der Waals surface area contributed by atoms with Crippen LogP contribution in [0.3, 0.4) is 0 Å². The molecule has 1 fully saturated rings. The molecule has 1 saturated heterocycles. The summed E-state index contributed by atoms with van der Waals surface area (Å²) in [4.78, 5) is 61.0.